The fourth-order valence-electron chi connectivity index (χ4n) is 3.51. The van der Waals surface area contributed by atoms with Crippen molar-refractivity contribution >= 4 is 27.8 Å². The fraction of sp³-hybridized carbons (Fsp3) is 0.214. The topological polar surface area (TPSA) is 116 Å². The molecule has 3 aromatic rings. The molecule has 0 aromatic heterocycles. The summed E-state index contributed by atoms with van der Waals surface area (Å²) in [6, 6.07) is 16.1. The number of nitrogens with zero attached hydrogens (tertiary/aromatic N) is 2. The fourth-order valence-corrected chi connectivity index (χ4v) is 4.92. The Morgan fingerprint density at radius 2 is 1.56 bits per heavy atom. The highest BCUT2D eigenvalue weighted by Gasteiger charge is 2.28. The highest BCUT2D eigenvalue weighted by molar-refractivity contribution is 7.92. The van der Waals surface area contributed by atoms with E-state index < -0.39 is 22.5 Å². The van der Waals surface area contributed by atoms with Gasteiger partial charge in [-0.05, 0) is 55.0 Å². The Bertz CT molecular complexity index is 1440. The van der Waals surface area contributed by atoms with Crippen molar-refractivity contribution in [3.05, 3.63) is 84.4 Å². The summed E-state index contributed by atoms with van der Waals surface area (Å²) in [4.78, 5) is 12.9. The number of anilines is 1. The molecule has 1 amide bonds. The second-order valence-electron chi connectivity index (χ2n) is 8.17. The van der Waals surface area contributed by atoms with Crippen molar-refractivity contribution in [2.75, 3.05) is 38.8 Å². The van der Waals surface area contributed by atoms with Crippen molar-refractivity contribution in [3.8, 4) is 23.0 Å². The first-order valence-electron chi connectivity index (χ1n) is 11.8. The van der Waals surface area contributed by atoms with Crippen LogP contribution in [-0.2, 0) is 14.8 Å². The summed E-state index contributed by atoms with van der Waals surface area (Å²) in [5.41, 5.74) is 4.13. The predicted octanol–water partition coefficient (Wildman–Crippen LogP) is 3.93. The van der Waals surface area contributed by atoms with Gasteiger partial charge in [-0.15, -0.1) is 0 Å². The van der Waals surface area contributed by atoms with Crippen molar-refractivity contribution in [2.45, 2.75) is 11.8 Å². The molecule has 0 fully saturated rings. The SMILES string of the molecule is C=CCOc1ccc(/C=N/NC(=O)CN(c2ccc(OC)c(OC)c2)S(=O)(=O)c2ccc(C)cc2)cc1OC. The lowest BCUT2D eigenvalue weighted by Gasteiger charge is -2.24. The molecule has 3 rings (SSSR count). The summed E-state index contributed by atoms with van der Waals surface area (Å²) in [5.74, 6) is 1.09. The molecule has 0 saturated heterocycles. The minimum absolute atomic E-state index is 0.0324. The summed E-state index contributed by atoms with van der Waals surface area (Å²) in [7, 11) is 0.300. The number of hydrazone groups is 1. The number of ether oxygens (including phenoxy) is 4. The first-order valence-corrected chi connectivity index (χ1v) is 13.2. The molecule has 1 N–H and O–H groups in total. The van der Waals surface area contributed by atoms with E-state index in [4.69, 9.17) is 18.9 Å². The Kier molecular flexibility index (Phi) is 9.93. The zero-order valence-electron chi connectivity index (χ0n) is 22.2. The van der Waals surface area contributed by atoms with Crippen LogP contribution in [0.25, 0.3) is 0 Å². The monoisotopic (exact) mass is 553 g/mol. The number of hydrogen-bond donors (Lipinski definition) is 1. The van der Waals surface area contributed by atoms with Gasteiger partial charge in [0.1, 0.15) is 13.2 Å². The Labute approximate surface area is 228 Å². The number of aryl methyl sites for hydroxylation is 1. The van der Waals surface area contributed by atoms with Gasteiger partial charge in [0, 0.05) is 6.07 Å². The molecule has 0 radical (unpaired) electrons. The second-order valence-corrected chi connectivity index (χ2v) is 10.0. The number of nitrogens with one attached hydrogen (secondary N) is 1. The average Bonchev–Trinajstić information content (AvgIpc) is 2.94. The largest absolute Gasteiger partial charge is 0.493 e. The normalized spacial score (nSPS) is 11.1. The second kappa shape index (κ2) is 13.3. The van der Waals surface area contributed by atoms with E-state index in [2.05, 4.69) is 17.1 Å². The van der Waals surface area contributed by atoms with Gasteiger partial charge >= 0.3 is 0 Å². The lowest BCUT2D eigenvalue weighted by atomic mass is 10.2. The molecule has 0 spiro atoms. The lowest BCUT2D eigenvalue weighted by molar-refractivity contribution is -0.119. The molecule has 0 aliphatic rings. The zero-order chi connectivity index (χ0) is 28.4. The van der Waals surface area contributed by atoms with Crippen molar-refractivity contribution < 1.29 is 32.2 Å². The Morgan fingerprint density at radius 1 is 0.923 bits per heavy atom. The first-order chi connectivity index (χ1) is 18.7. The third-order valence-electron chi connectivity index (χ3n) is 5.50. The average molecular weight is 554 g/mol. The van der Waals surface area contributed by atoms with Crippen LogP contribution < -0.4 is 28.7 Å². The van der Waals surface area contributed by atoms with E-state index in [-0.39, 0.29) is 10.6 Å². The van der Waals surface area contributed by atoms with E-state index in [0.29, 0.717) is 35.2 Å². The van der Waals surface area contributed by atoms with E-state index >= 15 is 0 Å². The number of carbonyl (C=O) groups is 1. The van der Waals surface area contributed by atoms with E-state index in [9.17, 15) is 13.2 Å². The molecule has 39 heavy (non-hydrogen) atoms. The molecule has 0 aliphatic heterocycles. The minimum Gasteiger partial charge on any atom is -0.493 e. The molecular formula is C28H31N3O7S. The van der Waals surface area contributed by atoms with Crippen LogP contribution in [0.5, 0.6) is 23.0 Å². The molecule has 10 nitrogen and oxygen atoms in total. The number of amides is 1. The van der Waals surface area contributed by atoms with Crippen molar-refractivity contribution in [2.24, 2.45) is 5.10 Å². The summed E-state index contributed by atoms with van der Waals surface area (Å²) in [6.45, 7) is 5.25. The quantitative estimate of drug-likeness (QED) is 0.194. The van der Waals surface area contributed by atoms with Crippen LogP contribution in [0.1, 0.15) is 11.1 Å². The van der Waals surface area contributed by atoms with Crippen LogP contribution in [0.2, 0.25) is 0 Å². The number of benzene rings is 3. The number of sulfonamides is 1. The van der Waals surface area contributed by atoms with Gasteiger partial charge in [0.05, 0.1) is 38.1 Å². The molecule has 206 valence electrons. The van der Waals surface area contributed by atoms with Crippen LogP contribution in [0.15, 0.2) is 83.3 Å². The molecule has 0 saturated carbocycles. The number of methoxy groups -OCH3 is 3. The molecule has 0 heterocycles. The highest BCUT2D eigenvalue weighted by Crippen LogP contribution is 2.34. The van der Waals surface area contributed by atoms with Crippen LogP contribution in [0, 0.1) is 6.92 Å². The molecule has 3 aromatic carbocycles. The van der Waals surface area contributed by atoms with Crippen molar-refractivity contribution in [1.29, 1.82) is 0 Å². The number of hydrogen-bond acceptors (Lipinski definition) is 8. The van der Waals surface area contributed by atoms with Gasteiger partial charge in [0.25, 0.3) is 15.9 Å². The first kappa shape index (κ1) is 29.1. The lowest BCUT2D eigenvalue weighted by Crippen LogP contribution is -2.39. The summed E-state index contributed by atoms with van der Waals surface area (Å²) < 4.78 is 49.7. The van der Waals surface area contributed by atoms with Gasteiger partial charge in [0.2, 0.25) is 0 Å². The van der Waals surface area contributed by atoms with Gasteiger partial charge in [-0.2, -0.15) is 5.10 Å². The van der Waals surface area contributed by atoms with E-state index in [1.807, 2.05) is 6.92 Å². The van der Waals surface area contributed by atoms with Gasteiger partial charge in [-0.25, -0.2) is 13.8 Å². The molecule has 0 atom stereocenters. The maximum absolute atomic E-state index is 13.6. The van der Waals surface area contributed by atoms with Gasteiger partial charge < -0.3 is 18.9 Å². The molecule has 0 aliphatic carbocycles. The Morgan fingerprint density at radius 3 is 2.21 bits per heavy atom. The molecule has 11 heteroatoms. The van der Waals surface area contributed by atoms with Crippen LogP contribution >= 0.6 is 0 Å². The molecule has 0 unspecified atom stereocenters. The van der Waals surface area contributed by atoms with Gasteiger partial charge in [-0.3, -0.25) is 9.10 Å². The van der Waals surface area contributed by atoms with Crippen molar-refractivity contribution in [3.63, 3.8) is 0 Å². The van der Waals surface area contributed by atoms with Crippen LogP contribution in [-0.4, -0.2) is 55.0 Å². The zero-order valence-corrected chi connectivity index (χ0v) is 23.0. The third kappa shape index (κ3) is 7.29. The number of rotatable bonds is 13. The van der Waals surface area contributed by atoms with E-state index in [0.717, 1.165) is 9.87 Å². The van der Waals surface area contributed by atoms with Gasteiger partial charge in [0.15, 0.2) is 23.0 Å². The summed E-state index contributed by atoms with van der Waals surface area (Å²) in [6.07, 6.45) is 3.03. The minimum atomic E-state index is -4.12. The van der Waals surface area contributed by atoms with Crippen LogP contribution in [0.3, 0.4) is 0 Å². The van der Waals surface area contributed by atoms with Crippen LogP contribution in [0.4, 0.5) is 5.69 Å². The standard InChI is InChI=1S/C28H31N3O7S/c1-6-15-38-25-13-9-21(16-26(25)36-4)18-29-30-28(32)19-31(22-10-14-24(35-3)27(17-22)37-5)39(33,34)23-11-7-20(2)8-12-23/h6-14,16-18H,1,15,19H2,2-5H3,(H,30,32)/b29-18+. The third-order valence-corrected chi connectivity index (χ3v) is 7.29. The predicted molar refractivity (Wildman–Crippen MR) is 150 cm³/mol. The number of carbonyl (C=O) groups excluding carboxylic acids is 1. The smallest absolute Gasteiger partial charge is 0.264 e. The Balaban J connectivity index is 1.85. The maximum Gasteiger partial charge on any atom is 0.264 e. The summed E-state index contributed by atoms with van der Waals surface area (Å²) >= 11 is 0. The molecule has 0 bridgehead atoms. The van der Waals surface area contributed by atoms with E-state index in [1.165, 1.54) is 51.8 Å². The molecular weight excluding hydrogens is 522 g/mol. The van der Waals surface area contributed by atoms with Crippen molar-refractivity contribution in [1.82, 2.24) is 5.43 Å². The maximum atomic E-state index is 13.6. The highest BCUT2D eigenvalue weighted by atomic mass is 32.2. The van der Waals surface area contributed by atoms with E-state index in [1.54, 1.807) is 42.5 Å². The summed E-state index contributed by atoms with van der Waals surface area (Å²) in [5, 5.41) is 3.98. The Hall–Kier alpha value is -4.51. The van der Waals surface area contributed by atoms with Gasteiger partial charge in [-0.1, -0.05) is 30.4 Å².